The second-order valence-electron chi connectivity index (χ2n) is 7.52. The van der Waals surface area contributed by atoms with Gasteiger partial charge in [-0.3, -0.25) is 4.79 Å². The van der Waals surface area contributed by atoms with E-state index >= 15 is 0 Å². The molecule has 0 heterocycles. The number of nitrogens with zero attached hydrogens (tertiary/aromatic N) is 2. The molecule has 0 unspecified atom stereocenters. The first kappa shape index (κ1) is 23.4. The van der Waals surface area contributed by atoms with Gasteiger partial charge in [0.25, 0.3) is 5.91 Å². The van der Waals surface area contributed by atoms with Crippen LogP contribution in [-0.4, -0.2) is 51.2 Å². The summed E-state index contributed by atoms with van der Waals surface area (Å²) in [5.74, 6) is 1.21. The summed E-state index contributed by atoms with van der Waals surface area (Å²) in [5, 5.41) is 0. The van der Waals surface area contributed by atoms with Gasteiger partial charge in [0.2, 0.25) is 0 Å². The van der Waals surface area contributed by atoms with E-state index in [1.54, 1.807) is 19.1 Å². The molecule has 0 radical (unpaired) electrons. The van der Waals surface area contributed by atoms with Crippen LogP contribution in [0, 0.1) is 0 Å². The molecular formula is C27H32N2O3. The van der Waals surface area contributed by atoms with Crippen molar-refractivity contribution in [2.24, 2.45) is 0 Å². The van der Waals surface area contributed by atoms with E-state index < -0.39 is 0 Å². The minimum atomic E-state index is -0.0816. The fourth-order valence-electron chi connectivity index (χ4n) is 3.56. The van der Waals surface area contributed by atoms with E-state index in [9.17, 15) is 4.79 Å². The largest absolute Gasteiger partial charge is 0.493 e. The van der Waals surface area contributed by atoms with Gasteiger partial charge in [-0.15, -0.1) is 0 Å². The van der Waals surface area contributed by atoms with E-state index in [0.717, 1.165) is 36.4 Å². The van der Waals surface area contributed by atoms with Crippen LogP contribution in [-0.2, 0) is 0 Å². The van der Waals surface area contributed by atoms with Crippen molar-refractivity contribution in [1.82, 2.24) is 4.90 Å². The highest BCUT2D eigenvalue weighted by Gasteiger charge is 2.16. The normalized spacial score (nSPS) is 10.8. The van der Waals surface area contributed by atoms with Gasteiger partial charge in [-0.05, 0) is 48.5 Å². The highest BCUT2D eigenvalue weighted by atomic mass is 16.5. The Labute approximate surface area is 191 Å². The number of anilines is 1. The summed E-state index contributed by atoms with van der Waals surface area (Å²) in [6, 6.07) is 23.4. The van der Waals surface area contributed by atoms with Crippen LogP contribution in [0.15, 0.2) is 72.8 Å². The molecular weight excluding hydrogens is 400 g/mol. The van der Waals surface area contributed by atoms with Gasteiger partial charge in [0.15, 0.2) is 11.5 Å². The minimum Gasteiger partial charge on any atom is -0.493 e. The van der Waals surface area contributed by atoms with Gasteiger partial charge in [-0.1, -0.05) is 56.3 Å². The first-order valence-corrected chi connectivity index (χ1v) is 11.0. The number of methoxy groups -OCH3 is 1. The van der Waals surface area contributed by atoms with E-state index in [1.807, 2.05) is 60.7 Å². The average Bonchev–Trinajstić information content (AvgIpc) is 2.86. The molecule has 168 valence electrons. The Kier molecular flexibility index (Phi) is 8.28. The van der Waals surface area contributed by atoms with E-state index in [-0.39, 0.29) is 5.91 Å². The van der Waals surface area contributed by atoms with Gasteiger partial charge in [-0.2, -0.15) is 0 Å². The number of carbonyl (C=O) groups is 1. The zero-order chi connectivity index (χ0) is 22.9. The summed E-state index contributed by atoms with van der Waals surface area (Å²) >= 11 is 0. The number of benzene rings is 3. The van der Waals surface area contributed by atoms with Crippen molar-refractivity contribution < 1.29 is 14.3 Å². The van der Waals surface area contributed by atoms with Crippen LogP contribution < -0.4 is 14.4 Å². The van der Waals surface area contributed by atoms with Gasteiger partial charge in [0.1, 0.15) is 6.61 Å². The molecule has 5 heteroatoms. The van der Waals surface area contributed by atoms with Crippen molar-refractivity contribution in [3.8, 4) is 22.6 Å². The minimum absolute atomic E-state index is 0.0816. The van der Waals surface area contributed by atoms with Crippen molar-refractivity contribution in [1.29, 1.82) is 0 Å². The number of hydrogen-bond acceptors (Lipinski definition) is 4. The molecule has 32 heavy (non-hydrogen) atoms. The maximum Gasteiger partial charge on any atom is 0.258 e. The van der Waals surface area contributed by atoms with Gasteiger partial charge < -0.3 is 19.3 Å². The molecule has 5 nitrogen and oxygen atoms in total. The lowest BCUT2D eigenvalue weighted by Gasteiger charge is -2.21. The fourth-order valence-corrected chi connectivity index (χ4v) is 3.56. The molecule has 0 N–H and O–H groups in total. The summed E-state index contributed by atoms with van der Waals surface area (Å²) in [5.41, 5.74) is 3.58. The number of rotatable bonds is 10. The first-order chi connectivity index (χ1) is 15.6. The highest BCUT2D eigenvalue weighted by molar-refractivity contribution is 6.06. The topological polar surface area (TPSA) is 42.0 Å². The van der Waals surface area contributed by atoms with E-state index in [4.69, 9.17) is 9.47 Å². The van der Waals surface area contributed by atoms with E-state index in [2.05, 4.69) is 30.9 Å². The third-order valence-corrected chi connectivity index (χ3v) is 5.64. The molecule has 0 bridgehead atoms. The number of ether oxygens (including phenoxy) is 2. The summed E-state index contributed by atoms with van der Waals surface area (Å²) < 4.78 is 11.4. The number of hydrogen-bond donors (Lipinski definition) is 0. The third-order valence-electron chi connectivity index (χ3n) is 5.64. The van der Waals surface area contributed by atoms with Crippen molar-refractivity contribution in [3.63, 3.8) is 0 Å². The van der Waals surface area contributed by atoms with Gasteiger partial charge >= 0.3 is 0 Å². The molecule has 0 spiro atoms. The van der Waals surface area contributed by atoms with Crippen LogP contribution in [0.3, 0.4) is 0 Å². The molecule has 0 aliphatic rings. The third kappa shape index (κ3) is 5.68. The van der Waals surface area contributed by atoms with E-state index in [1.165, 1.54) is 0 Å². The molecule has 0 aliphatic carbocycles. The maximum atomic E-state index is 13.0. The number of amides is 1. The Bertz CT molecular complexity index is 999. The van der Waals surface area contributed by atoms with Crippen molar-refractivity contribution >= 4 is 11.6 Å². The SMILES string of the molecule is CCN(CC)CCOc1ccc(N(C)C(=O)c2ccc(-c3ccccc3)cc2)cc1OC. The molecule has 0 saturated heterocycles. The fraction of sp³-hybridized carbons (Fsp3) is 0.296. The van der Waals surface area contributed by atoms with Crippen LogP contribution in [0.25, 0.3) is 11.1 Å². The molecule has 3 rings (SSSR count). The lowest BCUT2D eigenvalue weighted by atomic mass is 10.0. The van der Waals surface area contributed by atoms with Crippen LogP contribution in [0.2, 0.25) is 0 Å². The Hall–Kier alpha value is -3.31. The zero-order valence-electron chi connectivity index (χ0n) is 19.4. The lowest BCUT2D eigenvalue weighted by Crippen LogP contribution is -2.28. The van der Waals surface area contributed by atoms with E-state index in [0.29, 0.717) is 23.7 Å². The van der Waals surface area contributed by atoms with Crippen LogP contribution in [0.1, 0.15) is 24.2 Å². The molecule has 3 aromatic carbocycles. The van der Waals surface area contributed by atoms with Crippen molar-refractivity contribution in [3.05, 3.63) is 78.4 Å². The lowest BCUT2D eigenvalue weighted by molar-refractivity contribution is 0.0993. The molecule has 3 aromatic rings. The zero-order valence-corrected chi connectivity index (χ0v) is 19.4. The first-order valence-electron chi connectivity index (χ1n) is 11.0. The maximum absolute atomic E-state index is 13.0. The van der Waals surface area contributed by atoms with Crippen molar-refractivity contribution in [2.45, 2.75) is 13.8 Å². The molecule has 0 aliphatic heterocycles. The summed E-state index contributed by atoms with van der Waals surface area (Å²) in [7, 11) is 3.38. The summed E-state index contributed by atoms with van der Waals surface area (Å²) in [4.78, 5) is 17.0. The quantitative estimate of drug-likeness (QED) is 0.433. The Morgan fingerprint density at radius 2 is 1.50 bits per heavy atom. The number of carbonyl (C=O) groups excluding carboxylic acids is 1. The summed E-state index contributed by atoms with van der Waals surface area (Å²) in [6.45, 7) is 7.71. The van der Waals surface area contributed by atoms with Gasteiger partial charge in [0.05, 0.1) is 7.11 Å². The number of likely N-dealkylation sites (N-methyl/N-ethyl adjacent to an activating group) is 1. The Balaban J connectivity index is 1.69. The predicted molar refractivity (Wildman–Crippen MR) is 131 cm³/mol. The van der Waals surface area contributed by atoms with Crippen LogP contribution in [0.4, 0.5) is 5.69 Å². The van der Waals surface area contributed by atoms with Gasteiger partial charge in [-0.25, -0.2) is 0 Å². The van der Waals surface area contributed by atoms with Crippen LogP contribution >= 0.6 is 0 Å². The molecule has 0 fully saturated rings. The smallest absolute Gasteiger partial charge is 0.258 e. The molecule has 0 atom stereocenters. The second-order valence-corrected chi connectivity index (χ2v) is 7.52. The molecule has 0 aromatic heterocycles. The van der Waals surface area contributed by atoms with Crippen molar-refractivity contribution in [2.75, 3.05) is 45.3 Å². The second kappa shape index (κ2) is 11.3. The Morgan fingerprint density at radius 3 is 2.12 bits per heavy atom. The predicted octanol–water partition coefficient (Wildman–Crippen LogP) is 5.36. The monoisotopic (exact) mass is 432 g/mol. The van der Waals surface area contributed by atoms with Crippen LogP contribution in [0.5, 0.6) is 11.5 Å². The molecule has 1 amide bonds. The summed E-state index contributed by atoms with van der Waals surface area (Å²) in [6.07, 6.45) is 0. The molecule has 0 saturated carbocycles. The standard InChI is InChI=1S/C27H32N2O3/c1-5-29(6-2)18-19-32-25-17-16-24(20-26(25)31-4)28(3)27(30)23-14-12-22(13-15-23)21-10-8-7-9-11-21/h7-17,20H,5-6,18-19H2,1-4H3. The average molecular weight is 433 g/mol. The van der Waals surface area contributed by atoms with Gasteiger partial charge in [0, 0.05) is 30.9 Å². The highest BCUT2D eigenvalue weighted by Crippen LogP contribution is 2.32. The Morgan fingerprint density at radius 1 is 0.844 bits per heavy atom.